The predicted molar refractivity (Wildman–Crippen MR) is 118 cm³/mol. The molecule has 0 bridgehead atoms. The molecule has 0 aliphatic carbocycles. The van der Waals surface area contributed by atoms with Crippen LogP contribution in [0.5, 0.6) is 0 Å². The van der Waals surface area contributed by atoms with Crippen LogP contribution < -0.4 is 4.80 Å². The molecule has 0 saturated heterocycles. The zero-order chi connectivity index (χ0) is 21.1. The van der Waals surface area contributed by atoms with Crippen molar-refractivity contribution in [2.24, 2.45) is 12.0 Å². The summed E-state index contributed by atoms with van der Waals surface area (Å²) < 4.78 is 7.49. The molecule has 0 radical (unpaired) electrons. The third kappa shape index (κ3) is 4.09. The van der Waals surface area contributed by atoms with E-state index in [2.05, 4.69) is 17.1 Å². The maximum atomic E-state index is 12.7. The van der Waals surface area contributed by atoms with E-state index < -0.39 is 5.97 Å². The van der Waals surface area contributed by atoms with E-state index in [1.807, 2.05) is 60.1 Å². The number of esters is 1. The van der Waals surface area contributed by atoms with E-state index in [0.29, 0.717) is 15.9 Å². The zero-order valence-corrected chi connectivity index (χ0v) is 17.5. The van der Waals surface area contributed by atoms with Crippen molar-refractivity contribution in [1.82, 2.24) is 4.57 Å². The molecule has 0 aliphatic rings. The standard InChI is InChI=1S/C24H20N2O3S/c1-26-20-13-12-19(23(28)29-2)15-21(20)30-24(26)25-22(27)18-10-8-17(9-11-18)14-16-6-4-3-5-7-16/h3-13,15H,14H2,1-2H3. The molecule has 150 valence electrons. The van der Waals surface area contributed by atoms with Crippen LogP contribution >= 0.6 is 11.3 Å². The molecule has 3 aromatic carbocycles. The number of ether oxygens (including phenoxy) is 1. The van der Waals surface area contributed by atoms with E-state index in [-0.39, 0.29) is 5.91 Å². The monoisotopic (exact) mass is 416 g/mol. The molecule has 0 N–H and O–H groups in total. The Morgan fingerprint density at radius 1 is 0.933 bits per heavy atom. The second-order valence-corrected chi connectivity index (χ2v) is 7.90. The average Bonchev–Trinajstić information content (AvgIpc) is 3.09. The summed E-state index contributed by atoms with van der Waals surface area (Å²) in [5, 5.41) is 0. The number of hydrogen-bond acceptors (Lipinski definition) is 4. The van der Waals surface area contributed by atoms with Gasteiger partial charge in [-0.15, -0.1) is 0 Å². The minimum atomic E-state index is -0.391. The second-order valence-electron chi connectivity index (χ2n) is 6.89. The maximum absolute atomic E-state index is 12.7. The summed E-state index contributed by atoms with van der Waals surface area (Å²) in [5.74, 6) is -0.685. The van der Waals surface area contributed by atoms with Gasteiger partial charge in [0, 0.05) is 12.6 Å². The van der Waals surface area contributed by atoms with Gasteiger partial charge in [0.1, 0.15) is 0 Å². The van der Waals surface area contributed by atoms with E-state index in [1.54, 1.807) is 12.1 Å². The Kier molecular flexibility index (Phi) is 5.59. The van der Waals surface area contributed by atoms with Gasteiger partial charge in [0.2, 0.25) is 0 Å². The third-order valence-electron chi connectivity index (χ3n) is 4.88. The highest BCUT2D eigenvalue weighted by atomic mass is 32.1. The summed E-state index contributed by atoms with van der Waals surface area (Å²) in [6.45, 7) is 0. The largest absolute Gasteiger partial charge is 0.465 e. The van der Waals surface area contributed by atoms with Crippen molar-refractivity contribution < 1.29 is 14.3 Å². The fourth-order valence-electron chi connectivity index (χ4n) is 3.23. The summed E-state index contributed by atoms with van der Waals surface area (Å²) in [6.07, 6.45) is 0.820. The first-order valence-electron chi connectivity index (χ1n) is 9.45. The molecule has 1 aromatic heterocycles. The number of methoxy groups -OCH3 is 1. The lowest BCUT2D eigenvalue weighted by Gasteiger charge is -2.02. The van der Waals surface area contributed by atoms with Gasteiger partial charge < -0.3 is 9.30 Å². The Morgan fingerprint density at radius 3 is 2.30 bits per heavy atom. The topological polar surface area (TPSA) is 60.7 Å². The average molecular weight is 417 g/mol. The van der Waals surface area contributed by atoms with Gasteiger partial charge in [0.25, 0.3) is 5.91 Å². The van der Waals surface area contributed by atoms with Crippen molar-refractivity contribution in [3.8, 4) is 0 Å². The summed E-state index contributed by atoms with van der Waals surface area (Å²) >= 11 is 1.36. The quantitative estimate of drug-likeness (QED) is 0.465. The van der Waals surface area contributed by atoms with Crippen LogP contribution in [0.25, 0.3) is 10.2 Å². The number of rotatable bonds is 4. The number of carbonyl (C=O) groups excluding carboxylic acids is 2. The van der Waals surface area contributed by atoms with Gasteiger partial charge in [-0.05, 0) is 47.9 Å². The number of nitrogens with zero attached hydrogens (tertiary/aromatic N) is 2. The normalized spacial score (nSPS) is 11.6. The predicted octanol–water partition coefficient (Wildman–Crippen LogP) is 4.36. The molecular weight excluding hydrogens is 396 g/mol. The van der Waals surface area contributed by atoms with Crippen LogP contribution in [-0.2, 0) is 18.2 Å². The number of aryl methyl sites for hydroxylation is 1. The molecule has 0 saturated carbocycles. The molecule has 30 heavy (non-hydrogen) atoms. The van der Waals surface area contributed by atoms with Crippen molar-refractivity contribution in [3.05, 3.63) is 99.9 Å². The molecule has 5 nitrogen and oxygen atoms in total. The second kappa shape index (κ2) is 8.47. The lowest BCUT2D eigenvalue weighted by Crippen LogP contribution is -2.13. The molecule has 0 fully saturated rings. The van der Waals surface area contributed by atoms with Gasteiger partial charge in [-0.2, -0.15) is 4.99 Å². The summed E-state index contributed by atoms with van der Waals surface area (Å²) in [4.78, 5) is 29.3. The molecule has 0 unspecified atom stereocenters. The summed E-state index contributed by atoms with van der Waals surface area (Å²) in [5.41, 5.74) is 4.28. The molecule has 1 heterocycles. The van der Waals surface area contributed by atoms with Crippen LogP contribution in [-0.4, -0.2) is 23.6 Å². The number of thiazole rings is 1. The van der Waals surface area contributed by atoms with E-state index in [4.69, 9.17) is 4.74 Å². The smallest absolute Gasteiger partial charge is 0.337 e. The van der Waals surface area contributed by atoms with Crippen LogP contribution in [0.4, 0.5) is 0 Å². The van der Waals surface area contributed by atoms with Crippen LogP contribution in [0, 0.1) is 0 Å². The number of amides is 1. The van der Waals surface area contributed by atoms with Crippen molar-refractivity contribution in [2.45, 2.75) is 6.42 Å². The highest BCUT2D eigenvalue weighted by Crippen LogP contribution is 2.19. The Balaban J connectivity index is 1.59. The van der Waals surface area contributed by atoms with Crippen molar-refractivity contribution in [1.29, 1.82) is 0 Å². The van der Waals surface area contributed by atoms with Gasteiger partial charge in [0.05, 0.1) is 22.9 Å². The highest BCUT2D eigenvalue weighted by Gasteiger charge is 2.11. The van der Waals surface area contributed by atoms with Gasteiger partial charge in [0.15, 0.2) is 4.80 Å². The molecule has 1 amide bonds. The van der Waals surface area contributed by atoms with Crippen LogP contribution in [0.2, 0.25) is 0 Å². The van der Waals surface area contributed by atoms with E-state index in [0.717, 1.165) is 22.2 Å². The highest BCUT2D eigenvalue weighted by molar-refractivity contribution is 7.16. The van der Waals surface area contributed by atoms with Crippen molar-refractivity contribution >= 4 is 33.4 Å². The molecule has 4 rings (SSSR count). The number of carbonyl (C=O) groups is 2. The Morgan fingerprint density at radius 2 is 1.60 bits per heavy atom. The maximum Gasteiger partial charge on any atom is 0.337 e. The fraction of sp³-hybridized carbons (Fsp3) is 0.125. The number of fused-ring (bicyclic) bond motifs is 1. The lowest BCUT2D eigenvalue weighted by molar-refractivity contribution is 0.0601. The third-order valence-corrected chi connectivity index (χ3v) is 5.97. The molecule has 0 spiro atoms. The minimum Gasteiger partial charge on any atom is -0.465 e. The van der Waals surface area contributed by atoms with Gasteiger partial charge >= 0.3 is 5.97 Å². The Bertz CT molecular complexity index is 1290. The fourth-order valence-corrected chi connectivity index (χ4v) is 4.29. The Hall–Kier alpha value is -3.51. The van der Waals surface area contributed by atoms with E-state index >= 15 is 0 Å². The van der Waals surface area contributed by atoms with Crippen LogP contribution in [0.15, 0.2) is 77.8 Å². The van der Waals surface area contributed by atoms with Crippen LogP contribution in [0.3, 0.4) is 0 Å². The molecule has 0 atom stereocenters. The first-order valence-corrected chi connectivity index (χ1v) is 10.3. The van der Waals surface area contributed by atoms with E-state index in [1.165, 1.54) is 24.0 Å². The van der Waals surface area contributed by atoms with Gasteiger partial charge in [-0.1, -0.05) is 53.8 Å². The Labute approximate surface area is 177 Å². The van der Waals surface area contributed by atoms with Crippen molar-refractivity contribution in [2.75, 3.05) is 7.11 Å². The van der Waals surface area contributed by atoms with E-state index in [9.17, 15) is 9.59 Å². The summed E-state index contributed by atoms with van der Waals surface area (Å²) in [6, 6.07) is 23.0. The van der Waals surface area contributed by atoms with Crippen molar-refractivity contribution in [3.63, 3.8) is 0 Å². The molecule has 4 aromatic rings. The minimum absolute atomic E-state index is 0.295. The van der Waals surface area contributed by atoms with Gasteiger partial charge in [-0.25, -0.2) is 4.79 Å². The summed E-state index contributed by atoms with van der Waals surface area (Å²) in [7, 11) is 3.21. The number of aromatic nitrogens is 1. The molecular formula is C24H20N2O3S. The molecule has 6 heteroatoms. The first kappa shape index (κ1) is 19.8. The first-order chi connectivity index (χ1) is 14.5. The van der Waals surface area contributed by atoms with Crippen LogP contribution in [0.1, 0.15) is 31.8 Å². The molecule has 0 aliphatic heterocycles. The lowest BCUT2D eigenvalue weighted by atomic mass is 10.0. The van der Waals surface area contributed by atoms with Gasteiger partial charge in [-0.3, -0.25) is 4.79 Å². The number of hydrogen-bond donors (Lipinski definition) is 0. The SMILES string of the molecule is COC(=O)c1ccc2c(c1)sc(=NC(=O)c1ccc(Cc3ccccc3)cc1)n2C. The number of benzene rings is 3. The zero-order valence-electron chi connectivity index (χ0n) is 16.7.